The molecule has 3 unspecified atom stereocenters. The molecule has 0 aliphatic carbocycles. The molecule has 4 rings (SSSR count). The summed E-state index contributed by atoms with van der Waals surface area (Å²) in [5, 5.41) is 11.4. The van der Waals surface area contributed by atoms with Gasteiger partial charge in [0, 0.05) is 13.2 Å². The molecule has 148 valence electrons. The van der Waals surface area contributed by atoms with Crippen LogP contribution in [0.1, 0.15) is 29.8 Å². The van der Waals surface area contributed by atoms with Crippen molar-refractivity contribution in [1.29, 1.82) is 0 Å². The number of nitrogens with zero attached hydrogens (tertiary/aromatic N) is 3. The van der Waals surface area contributed by atoms with Gasteiger partial charge in [-0.25, -0.2) is 4.39 Å². The standard InChI is InChI=1S/C22H21FN4O2/c1-14-19(16-8-10-17(23)11-9-16)26-29-21(14)22(28)25-20(15-6-4-3-5-7-15)18-12-13-24-27(18)2/h3-14,20-21H,1-2H3,(H,25,28). The summed E-state index contributed by atoms with van der Waals surface area (Å²) in [5.74, 6) is -0.867. The van der Waals surface area contributed by atoms with E-state index in [1.54, 1.807) is 23.0 Å². The average molecular weight is 392 g/mol. The van der Waals surface area contributed by atoms with Crippen molar-refractivity contribution in [2.45, 2.75) is 19.1 Å². The third-order valence-electron chi connectivity index (χ3n) is 5.12. The second-order valence-electron chi connectivity index (χ2n) is 7.03. The summed E-state index contributed by atoms with van der Waals surface area (Å²) in [5.41, 5.74) is 3.16. The summed E-state index contributed by atoms with van der Waals surface area (Å²) in [4.78, 5) is 18.5. The van der Waals surface area contributed by atoms with E-state index in [0.717, 1.165) is 16.8 Å². The number of benzene rings is 2. The molecule has 0 bridgehead atoms. The Labute approximate surface area is 168 Å². The van der Waals surface area contributed by atoms with Crippen molar-refractivity contribution in [3.05, 3.63) is 89.5 Å². The molecule has 3 aromatic rings. The highest BCUT2D eigenvalue weighted by Gasteiger charge is 2.38. The van der Waals surface area contributed by atoms with Crippen LogP contribution in [-0.2, 0) is 16.7 Å². The van der Waals surface area contributed by atoms with E-state index in [4.69, 9.17) is 4.84 Å². The van der Waals surface area contributed by atoms with Gasteiger partial charge in [0.25, 0.3) is 5.91 Å². The van der Waals surface area contributed by atoms with Gasteiger partial charge >= 0.3 is 0 Å². The highest BCUT2D eigenvalue weighted by molar-refractivity contribution is 6.05. The van der Waals surface area contributed by atoms with E-state index >= 15 is 0 Å². The number of rotatable bonds is 5. The molecular weight excluding hydrogens is 371 g/mol. The van der Waals surface area contributed by atoms with Crippen LogP contribution in [0, 0.1) is 11.7 Å². The van der Waals surface area contributed by atoms with Crippen molar-refractivity contribution in [1.82, 2.24) is 15.1 Å². The zero-order valence-electron chi connectivity index (χ0n) is 16.1. The summed E-state index contributed by atoms with van der Waals surface area (Å²) in [6.45, 7) is 1.88. The number of amides is 1. The topological polar surface area (TPSA) is 68.5 Å². The molecule has 1 aromatic heterocycles. The molecule has 2 aromatic carbocycles. The van der Waals surface area contributed by atoms with Crippen LogP contribution in [0.3, 0.4) is 0 Å². The van der Waals surface area contributed by atoms with Gasteiger partial charge < -0.3 is 10.2 Å². The van der Waals surface area contributed by atoms with Crippen LogP contribution >= 0.6 is 0 Å². The fraction of sp³-hybridized carbons (Fsp3) is 0.227. The molecule has 7 heteroatoms. The van der Waals surface area contributed by atoms with E-state index in [1.807, 2.05) is 50.4 Å². The number of oxime groups is 1. The highest BCUT2D eigenvalue weighted by Crippen LogP contribution is 2.26. The average Bonchev–Trinajstić information content (AvgIpc) is 3.33. The van der Waals surface area contributed by atoms with Crippen LogP contribution in [0.2, 0.25) is 0 Å². The number of aromatic nitrogens is 2. The molecule has 6 nitrogen and oxygen atoms in total. The minimum atomic E-state index is -0.769. The fourth-order valence-corrected chi connectivity index (χ4v) is 3.51. The number of halogens is 1. The highest BCUT2D eigenvalue weighted by atomic mass is 19.1. The SMILES string of the molecule is CC1C(c2ccc(F)cc2)=NOC1C(=O)NC(c1ccccc1)c1ccnn1C. The monoisotopic (exact) mass is 392 g/mol. The van der Waals surface area contributed by atoms with Gasteiger partial charge in [-0.3, -0.25) is 9.48 Å². The first-order valence-electron chi connectivity index (χ1n) is 9.37. The van der Waals surface area contributed by atoms with Crippen molar-refractivity contribution in [3.63, 3.8) is 0 Å². The lowest BCUT2D eigenvalue weighted by atomic mass is 9.93. The van der Waals surface area contributed by atoms with Crippen LogP contribution < -0.4 is 5.32 Å². The summed E-state index contributed by atoms with van der Waals surface area (Å²) >= 11 is 0. The van der Waals surface area contributed by atoms with Crippen LogP contribution in [-0.4, -0.2) is 27.5 Å². The van der Waals surface area contributed by atoms with Gasteiger partial charge in [-0.2, -0.15) is 5.10 Å². The smallest absolute Gasteiger partial charge is 0.265 e. The van der Waals surface area contributed by atoms with Crippen molar-refractivity contribution in [2.24, 2.45) is 18.1 Å². The number of aryl methyl sites for hydroxylation is 1. The minimum Gasteiger partial charge on any atom is -0.381 e. The van der Waals surface area contributed by atoms with Crippen molar-refractivity contribution in [3.8, 4) is 0 Å². The maximum Gasteiger partial charge on any atom is 0.265 e. The first-order chi connectivity index (χ1) is 14.0. The Bertz CT molecular complexity index is 1030. The molecule has 1 aliphatic heterocycles. The van der Waals surface area contributed by atoms with Crippen LogP contribution in [0.5, 0.6) is 0 Å². The molecule has 0 saturated heterocycles. The molecule has 1 aliphatic rings. The number of hydrogen-bond acceptors (Lipinski definition) is 4. The molecule has 0 fully saturated rings. The first kappa shape index (κ1) is 18.9. The van der Waals surface area contributed by atoms with E-state index in [-0.39, 0.29) is 23.7 Å². The molecule has 0 radical (unpaired) electrons. The van der Waals surface area contributed by atoms with E-state index in [2.05, 4.69) is 15.6 Å². The summed E-state index contributed by atoms with van der Waals surface area (Å²) < 4.78 is 14.9. The van der Waals surface area contributed by atoms with Gasteiger partial charge in [-0.05, 0) is 29.3 Å². The lowest BCUT2D eigenvalue weighted by molar-refractivity contribution is -0.133. The van der Waals surface area contributed by atoms with E-state index in [1.165, 1.54) is 12.1 Å². The van der Waals surface area contributed by atoms with Crippen molar-refractivity contribution >= 4 is 11.6 Å². The van der Waals surface area contributed by atoms with Gasteiger partial charge in [-0.1, -0.05) is 54.5 Å². The first-order valence-corrected chi connectivity index (χ1v) is 9.37. The molecule has 2 heterocycles. The summed E-state index contributed by atoms with van der Waals surface area (Å²) in [6, 6.07) is 17.2. The lowest BCUT2D eigenvalue weighted by Gasteiger charge is -2.22. The summed E-state index contributed by atoms with van der Waals surface area (Å²) in [7, 11) is 1.84. The van der Waals surface area contributed by atoms with Crippen molar-refractivity contribution < 1.29 is 14.0 Å². The van der Waals surface area contributed by atoms with Gasteiger partial charge in [0.05, 0.1) is 23.4 Å². The Balaban J connectivity index is 1.54. The summed E-state index contributed by atoms with van der Waals surface area (Å²) in [6.07, 6.45) is 0.927. The van der Waals surface area contributed by atoms with Gasteiger partial charge in [0.1, 0.15) is 5.82 Å². The van der Waals surface area contributed by atoms with Crippen LogP contribution in [0.4, 0.5) is 4.39 Å². The zero-order valence-corrected chi connectivity index (χ0v) is 16.1. The molecule has 0 spiro atoms. The van der Waals surface area contributed by atoms with Gasteiger partial charge in [0.15, 0.2) is 0 Å². The molecule has 3 atom stereocenters. The molecule has 1 amide bonds. The normalized spacial score (nSPS) is 19.3. The maximum atomic E-state index is 13.2. The second-order valence-corrected chi connectivity index (χ2v) is 7.03. The Kier molecular flexibility index (Phi) is 5.12. The maximum absolute atomic E-state index is 13.2. The number of carbonyl (C=O) groups excluding carboxylic acids is 1. The van der Waals surface area contributed by atoms with Gasteiger partial charge in [-0.15, -0.1) is 0 Å². The second kappa shape index (κ2) is 7.87. The lowest BCUT2D eigenvalue weighted by Crippen LogP contribution is -2.41. The molecule has 0 saturated carbocycles. The van der Waals surface area contributed by atoms with E-state index < -0.39 is 6.10 Å². The molecule has 29 heavy (non-hydrogen) atoms. The zero-order chi connectivity index (χ0) is 20.4. The Hall–Kier alpha value is -3.48. The quantitative estimate of drug-likeness (QED) is 0.725. The Morgan fingerprint density at radius 2 is 1.86 bits per heavy atom. The number of hydrogen-bond donors (Lipinski definition) is 1. The third kappa shape index (κ3) is 3.76. The number of carbonyl (C=O) groups is 1. The third-order valence-corrected chi connectivity index (χ3v) is 5.12. The van der Waals surface area contributed by atoms with E-state index in [0.29, 0.717) is 5.71 Å². The largest absolute Gasteiger partial charge is 0.381 e. The molecule has 1 N–H and O–H groups in total. The number of nitrogens with one attached hydrogen (secondary N) is 1. The van der Waals surface area contributed by atoms with Gasteiger partial charge in [0.2, 0.25) is 6.10 Å². The molecular formula is C22H21FN4O2. The Morgan fingerprint density at radius 3 is 2.52 bits per heavy atom. The minimum absolute atomic E-state index is 0.270. The Morgan fingerprint density at radius 1 is 1.14 bits per heavy atom. The van der Waals surface area contributed by atoms with Crippen LogP contribution in [0.15, 0.2) is 72.0 Å². The van der Waals surface area contributed by atoms with E-state index in [9.17, 15) is 9.18 Å². The van der Waals surface area contributed by atoms with Crippen molar-refractivity contribution in [2.75, 3.05) is 0 Å². The van der Waals surface area contributed by atoms with Crippen LogP contribution in [0.25, 0.3) is 0 Å². The predicted octanol–water partition coefficient (Wildman–Crippen LogP) is 3.20. The predicted molar refractivity (Wildman–Crippen MR) is 107 cm³/mol. The fourth-order valence-electron chi connectivity index (χ4n) is 3.51.